The van der Waals surface area contributed by atoms with Crippen molar-refractivity contribution < 1.29 is 9.13 Å². The van der Waals surface area contributed by atoms with Gasteiger partial charge in [0.05, 0.1) is 0 Å². The van der Waals surface area contributed by atoms with E-state index in [1.165, 1.54) is 6.07 Å². The number of hydrogen-bond acceptors (Lipinski definition) is 3. The van der Waals surface area contributed by atoms with Crippen LogP contribution in [-0.4, -0.2) is 17.6 Å². The van der Waals surface area contributed by atoms with E-state index in [-0.39, 0.29) is 11.9 Å². The van der Waals surface area contributed by atoms with Crippen LogP contribution < -0.4 is 10.5 Å². The Morgan fingerprint density at radius 3 is 3.05 bits per heavy atom. The molecule has 2 N–H and O–H groups in total. The molecule has 1 aromatic heterocycles. The first-order valence-electron chi connectivity index (χ1n) is 6.87. The van der Waals surface area contributed by atoms with Crippen LogP contribution in [0.25, 0.3) is 11.1 Å². The zero-order valence-corrected chi connectivity index (χ0v) is 11.2. The second-order valence-electron chi connectivity index (χ2n) is 5.04. The summed E-state index contributed by atoms with van der Waals surface area (Å²) in [6.45, 7) is 0.601. The predicted molar refractivity (Wildman–Crippen MR) is 76.0 cm³/mol. The number of rotatable bonds is 3. The Kier molecular flexibility index (Phi) is 3.65. The van der Waals surface area contributed by atoms with Gasteiger partial charge in [-0.1, -0.05) is 6.07 Å². The van der Waals surface area contributed by atoms with Gasteiger partial charge in [0.1, 0.15) is 17.7 Å². The molecule has 2 aromatic rings. The number of aromatic nitrogens is 1. The minimum absolute atomic E-state index is 0.119. The minimum Gasteiger partial charge on any atom is -0.489 e. The van der Waals surface area contributed by atoms with Crippen LogP contribution in [0.15, 0.2) is 36.7 Å². The summed E-state index contributed by atoms with van der Waals surface area (Å²) in [5.74, 6) is 0.549. The SMILES string of the molecule is NCC[C@H]1CCc2cc(F)cc(-c3cccnc3)c2O1. The van der Waals surface area contributed by atoms with Crippen LogP contribution >= 0.6 is 0 Å². The number of nitrogens with two attached hydrogens (primary N) is 1. The molecule has 0 unspecified atom stereocenters. The average molecular weight is 272 g/mol. The zero-order valence-electron chi connectivity index (χ0n) is 11.2. The highest BCUT2D eigenvalue weighted by atomic mass is 19.1. The summed E-state index contributed by atoms with van der Waals surface area (Å²) in [5.41, 5.74) is 8.18. The van der Waals surface area contributed by atoms with Gasteiger partial charge in [0.15, 0.2) is 0 Å². The fourth-order valence-corrected chi connectivity index (χ4v) is 2.64. The van der Waals surface area contributed by atoms with Gasteiger partial charge < -0.3 is 10.5 Å². The summed E-state index contributed by atoms with van der Waals surface area (Å²) >= 11 is 0. The van der Waals surface area contributed by atoms with E-state index in [0.29, 0.717) is 6.54 Å². The number of hydrogen-bond donors (Lipinski definition) is 1. The van der Waals surface area contributed by atoms with Gasteiger partial charge in [-0.3, -0.25) is 4.98 Å². The van der Waals surface area contributed by atoms with Crippen molar-refractivity contribution in [1.82, 2.24) is 4.98 Å². The molecule has 0 amide bonds. The number of ether oxygens (including phenoxy) is 1. The topological polar surface area (TPSA) is 48.1 Å². The second kappa shape index (κ2) is 5.59. The molecule has 1 atom stereocenters. The molecule has 1 aliphatic rings. The highest BCUT2D eigenvalue weighted by Crippen LogP contribution is 2.38. The molecule has 0 saturated carbocycles. The number of nitrogens with zero attached hydrogens (tertiary/aromatic N) is 1. The van der Waals surface area contributed by atoms with Crippen LogP contribution in [-0.2, 0) is 6.42 Å². The Morgan fingerprint density at radius 1 is 1.40 bits per heavy atom. The largest absolute Gasteiger partial charge is 0.489 e. The van der Waals surface area contributed by atoms with Gasteiger partial charge in [-0.15, -0.1) is 0 Å². The van der Waals surface area contributed by atoms with Crippen molar-refractivity contribution in [3.05, 3.63) is 48.0 Å². The standard InChI is InChI=1S/C16H17FN2O/c17-13-8-11-3-4-14(5-6-18)20-16(11)15(9-13)12-2-1-7-19-10-12/h1-2,7-10,14H,3-6,18H2/t14-/m1/s1. The van der Waals surface area contributed by atoms with Crippen LogP contribution in [0.4, 0.5) is 4.39 Å². The number of halogens is 1. The van der Waals surface area contributed by atoms with Crippen LogP contribution in [0.1, 0.15) is 18.4 Å². The molecule has 3 nitrogen and oxygen atoms in total. The normalized spacial score (nSPS) is 17.4. The molecule has 4 heteroatoms. The number of fused-ring (bicyclic) bond motifs is 1. The van der Waals surface area contributed by atoms with Gasteiger partial charge >= 0.3 is 0 Å². The second-order valence-corrected chi connectivity index (χ2v) is 5.04. The maximum absolute atomic E-state index is 13.8. The Labute approximate surface area is 117 Å². The van der Waals surface area contributed by atoms with Gasteiger partial charge in [0.2, 0.25) is 0 Å². The van der Waals surface area contributed by atoms with E-state index in [2.05, 4.69) is 4.98 Å². The first-order valence-corrected chi connectivity index (χ1v) is 6.87. The van der Waals surface area contributed by atoms with Gasteiger partial charge in [-0.25, -0.2) is 4.39 Å². The lowest BCUT2D eigenvalue weighted by Gasteiger charge is -2.28. The summed E-state index contributed by atoms with van der Waals surface area (Å²) < 4.78 is 19.8. The van der Waals surface area contributed by atoms with Gasteiger partial charge in [0, 0.05) is 23.5 Å². The molecule has 20 heavy (non-hydrogen) atoms. The molecule has 0 fully saturated rings. The molecular formula is C16H17FN2O. The molecule has 104 valence electrons. The third-order valence-electron chi connectivity index (χ3n) is 3.61. The van der Waals surface area contributed by atoms with E-state index in [1.54, 1.807) is 18.5 Å². The van der Waals surface area contributed by atoms with Crippen molar-refractivity contribution in [1.29, 1.82) is 0 Å². The van der Waals surface area contributed by atoms with E-state index in [0.717, 1.165) is 41.7 Å². The van der Waals surface area contributed by atoms with Crippen molar-refractivity contribution in [2.75, 3.05) is 6.54 Å². The van der Waals surface area contributed by atoms with Gasteiger partial charge in [-0.2, -0.15) is 0 Å². The van der Waals surface area contributed by atoms with Crippen LogP contribution in [0, 0.1) is 5.82 Å². The van der Waals surface area contributed by atoms with Crippen LogP contribution in [0.5, 0.6) is 5.75 Å². The molecule has 0 spiro atoms. The third-order valence-corrected chi connectivity index (χ3v) is 3.61. The Balaban J connectivity index is 2.05. The highest BCUT2D eigenvalue weighted by Gasteiger charge is 2.23. The maximum atomic E-state index is 13.8. The molecule has 1 aliphatic heterocycles. The Morgan fingerprint density at radius 2 is 2.30 bits per heavy atom. The van der Waals surface area contributed by atoms with Crippen LogP contribution in [0.3, 0.4) is 0 Å². The van der Waals surface area contributed by atoms with Crippen LogP contribution in [0.2, 0.25) is 0 Å². The van der Waals surface area contributed by atoms with E-state index in [4.69, 9.17) is 10.5 Å². The van der Waals surface area contributed by atoms with Crippen molar-refractivity contribution in [3.63, 3.8) is 0 Å². The summed E-state index contributed by atoms with van der Waals surface area (Å²) in [5, 5.41) is 0. The van der Waals surface area contributed by atoms with E-state index in [1.807, 2.05) is 12.1 Å². The smallest absolute Gasteiger partial charge is 0.130 e. The maximum Gasteiger partial charge on any atom is 0.130 e. The van der Waals surface area contributed by atoms with Crippen molar-refractivity contribution in [2.24, 2.45) is 5.73 Å². The zero-order chi connectivity index (χ0) is 13.9. The lowest BCUT2D eigenvalue weighted by atomic mass is 9.95. The van der Waals surface area contributed by atoms with Crippen molar-refractivity contribution in [3.8, 4) is 16.9 Å². The molecule has 0 radical (unpaired) electrons. The molecule has 2 heterocycles. The van der Waals surface area contributed by atoms with Crippen molar-refractivity contribution in [2.45, 2.75) is 25.4 Å². The minimum atomic E-state index is -0.233. The Hall–Kier alpha value is -1.94. The molecule has 3 rings (SSSR count). The van der Waals surface area contributed by atoms with E-state index < -0.39 is 0 Å². The van der Waals surface area contributed by atoms with E-state index in [9.17, 15) is 4.39 Å². The first-order chi connectivity index (χ1) is 9.78. The molecule has 0 bridgehead atoms. The lowest BCUT2D eigenvalue weighted by molar-refractivity contribution is 0.167. The predicted octanol–water partition coefficient (Wildman–Crippen LogP) is 2.93. The Bertz CT molecular complexity index is 601. The molecule has 0 aliphatic carbocycles. The monoisotopic (exact) mass is 272 g/mol. The summed E-state index contributed by atoms with van der Waals surface area (Å²) in [7, 11) is 0. The summed E-state index contributed by atoms with van der Waals surface area (Å²) in [6, 6.07) is 6.83. The highest BCUT2D eigenvalue weighted by molar-refractivity contribution is 5.72. The summed E-state index contributed by atoms with van der Waals surface area (Å²) in [6.07, 6.45) is 6.08. The first kappa shape index (κ1) is 13.1. The van der Waals surface area contributed by atoms with Gasteiger partial charge in [-0.05, 0) is 49.6 Å². The van der Waals surface area contributed by atoms with Gasteiger partial charge in [0.25, 0.3) is 0 Å². The molecule has 0 saturated heterocycles. The van der Waals surface area contributed by atoms with E-state index >= 15 is 0 Å². The average Bonchev–Trinajstić information content (AvgIpc) is 2.48. The summed E-state index contributed by atoms with van der Waals surface area (Å²) in [4.78, 5) is 4.10. The fourth-order valence-electron chi connectivity index (χ4n) is 2.64. The number of pyridine rings is 1. The number of benzene rings is 1. The fraction of sp³-hybridized carbons (Fsp3) is 0.312. The molecular weight excluding hydrogens is 255 g/mol. The quantitative estimate of drug-likeness (QED) is 0.934. The number of aryl methyl sites for hydroxylation is 1. The lowest BCUT2D eigenvalue weighted by Crippen LogP contribution is -2.26. The van der Waals surface area contributed by atoms with Crippen molar-refractivity contribution >= 4 is 0 Å². The molecule has 1 aromatic carbocycles. The third kappa shape index (κ3) is 2.51.